The van der Waals surface area contributed by atoms with Gasteiger partial charge in [0.2, 0.25) is 11.8 Å². The van der Waals surface area contributed by atoms with E-state index < -0.39 is 6.10 Å². The van der Waals surface area contributed by atoms with Crippen LogP contribution in [0.1, 0.15) is 11.7 Å². The van der Waals surface area contributed by atoms with Crippen LogP contribution in [-0.4, -0.2) is 28.7 Å². The second kappa shape index (κ2) is 6.53. The predicted octanol–water partition coefficient (Wildman–Crippen LogP) is 1.98. The molecule has 0 aliphatic carbocycles. The Bertz CT molecular complexity index is 577. The molecule has 0 amide bonds. The number of ether oxygens (including phenoxy) is 1. The monoisotopic (exact) mass is 338 g/mol. The number of nitrogens with one attached hydrogen (secondary N) is 1. The van der Waals surface area contributed by atoms with Gasteiger partial charge in [-0.1, -0.05) is 12.1 Å². The number of benzene rings is 1. The lowest BCUT2D eigenvalue weighted by atomic mass is 10.1. The van der Waals surface area contributed by atoms with E-state index in [1.807, 2.05) is 0 Å². The van der Waals surface area contributed by atoms with E-state index in [-0.39, 0.29) is 6.54 Å². The summed E-state index contributed by atoms with van der Waals surface area (Å²) in [5, 5.41) is 13.0. The van der Waals surface area contributed by atoms with Crippen LogP contribution in [0.2, 0.25) is 0 Å². The summed E-state index contributed by atoms with van der Waals surface area (Å²) >= 11 is 3.28. The highest BCUT2D eigenvalue weighted by molar-refractivity contribution is 9.10. The number of methoxy groups -OCH3 is 1. The van der Waals surface area contributed by atoms with Crippen LogP contribution in [0.25, 0.3) is 0 Å². The van der Waals surface area contributed by atoms with Crippen molar-refractivity contribution in [1.82, 2.24) is 9.97 Å². The standard InChI is InChI=1S/C13H15BrN4O2/c1-20-12-10(14)6-16-13(18-12)17-7-11(19)8-2-4-9(15)5-3-8/h2-6,11,19H,7,15H2,1H3,(H,16,17,18). The topological polar surface area (TPSA) is 93.3 Å². The molecule has 0 radical (unpaired) electrons. The van der Waals surface area contributed by atoms with Crippen molar-refractivity contribution in [3.63, 3.8) is 0 Å². The summed E-state index contributed by atoms with van der Waals surface area (Å²) in [7, 11) is 1.53. The Morgan fingerprint density at radius 1 is 1.40 bits per heavy atom. The Labute approximate surface area is 125 Å². The largest absolute Gasteiger partial charge is 0.480 e. The van der Waals surface area contributed by atoms with Crippen molar-refractivity contribution in [2.75, 3.05) is 24.7 Å². The summed E-state index contributed by atoms with van der Waals surface area (Å²) in [6.07, 6.45) is 0.915. The summed E-state index contributed by atoms with van der Waals surface area (Å²) in [5.41, 5.74) is 7.04. The molecule has 1 unspecified atom stereocenters. The van der Waals surface area contributed by atoms with Gasteiger partial charge in [0.1, 0.15) is 0 Å². The number of aliphatic hydroxyl groups excluding tert-OH is 1. The summed E-state index contributed by atoms with van der Waals surface area (Å²) in [4.78, 5) is 8.23. The van der Waals surface area contributed by atoms with Crippen LogP contribution in [0.3, 0.4) is 0 Å². The minimum absolute atomic E-state index is 0.286. The van der Waals surface area contributed by atoms with E-state index in [2.05, 4.69) is 31.2 Å². The molecule has 0 fully saturated rings. The summed E-state index contributed by atoms with van der Waals surface area (Å²) in [6.45, 7) is 0.286. The number of hydrogen-bond acceptors (Lipinski definition) is 6. The highest BCUT2D eigenvalue weighted by Crippen LogP contribution is 2.22. The van der Waals surface area contributed by atoms with Gasteiger partial charge in [-0.05, 0) is 33.6 Å². The SMILES string of the molecule is COc1nc(NCC(O)c2ccc(N)cc2)ncc1Br. The number of nitrogens with zero attached hydrogens (tertiary/aromatic N) is 2. The third-order valence-corrected chi connectivity index (χ3v) is 3.22. The molecule has 1 heterocycles. The predicted molar refractivity (Wildman–Crippen MR) is 80.6 cm³/mol. The number of halogens is 1. The smallest absolute Gasteiger partial charge is 0.232 e. The van der Waals surface area contributed by atoms with Crippen LogP contribution in [0.5, 0.6) is 5.88 Å². The highest BCUT2D eigenvalue weighted by Gasteiger charge is 2.09. The summed E-state index contributed by atoms with van der Waals surface area (Å²) in [6, 6.07) is 7.06. The minimum atomic E-state index is -0.672. The lowest BCUT2D eigenvalue weighted by molar-refractivity contribution is 0.191. The Hall–Kier alpha value is -1.86. The van der Waals surface area contributed by atoms with Gasteiger partial charge >= 0.3 is 0 Å². The van der Waals surface area contributed by atoms with Crippen molar-refractivity contribution in [2.45, 2.75) is 6.10 Å². The third kappa shape index (κ3) is 3.58. The number of anilines is 2. The zero-order valence-corrected chi connectivity index (χ0v) is 12.5. The van der Waals surface area contributed by atoms with E-state index in [0.717, 1.165) is 5.56 Å². The molecule has 1 atom stereocenters. The molecule has 0 spiro atoms. The zero-order valence-electron chi connectivity index (χ0n) is 10.9. The minimum Gasteiger partial charge on any atom is -0.480 e. The van der Waals surface area contributed by atoms with Crippen LogP contribution in [0.15, 0.2) is 34.9 Å². The quantitative estimate of drug-likeness (QED) is 0.722. The molecule has 0 aliphatic rings. The fourth-order valence-corrected chi connectivity index (χ4v) is 1.96. The third-order valence-electron chi connectivity index (χ3n) is 2.68. The highest BCUT2D eigenvalue weighted by atomic mass is 79.9. The molecular weight excluding hydrogens is 324 g/mol. The molecule has 20 heavy (non-hydrogen) atoms. The van der Waals surface area contributed by atoms with Crippen molar-refractivity contribution in [3.8, 4) is 5.88 Å². The van der Waals surface area contributed by atoms with Gasteiger partial charge in [-0.3, -0.25) is 0 Å². The van der Waals surface area contributed by atoms with Crippen molar-refractivity contribution < 1.29 is 9.84 Å². The van der Waals surface area contributed by atoms with E-state index in [0.29, 0.717) is 22.0 Å². The maximum Gasteiger partial charge on any atom is 0.232 e. The van der Waals surface area contributed by atoms with Crippen molar-refractivity contribution >= 4 is 27.6 Å². The van der Waals surface area contributed by atoms with Crippen LogP contribution < -0.4 is 15.8 Å². The number of hydrogen-bond donors (Lipinski definition) is 3. The normalized spacial score (nSPS) is 11.9. The number of nitrogen functional groups attached to an aromatic ring is 1. The van der Waals surface area contributed by atoms with E-state index in [9.17, 15) is 5.11 Å². The fraction of sp³-hybridized carbons (Fsp3) is 0.231. The van der Waals surface area contributed by atoms with Gasteiger partial charge in [-0.2, -0.15) is 4.98 Å². The van der Waals surface area contributed by atoms with Crippen LogP contribution in [0.4, 0.5) is 11.6 Å². The van der Waals surface area contributed by atoms with Crippen LogP contribution >= 0.6 is 15.9 Å². The molecule has 0 aliphatic heterocycles. The molecule has 0 bridgehead atoms. The van der Waals surface area contributed by atoms with Crippen molar-refractivity contribution in [2.24, 2.45) is 0 Å². The molecule has 2 rings (SSSR count). The van der Waals surface area contributed by atoms with Crippen molar-refractivity contribution in [3.05, 3.63) is 40.5 Å². The van der Waals surface area contributed by atoms with Crippen LogP contribution in [-0.2, 0) is 0 Å². The molecule has 2 aromatic rings. The van der Waals surface area contributed by atoms with Gasteiger partial charge in [0.05, 0.1) is 23.9 Å². The van der Waals surface area contributed by atoms with E-state index in [1.54, 1.807) is 30.5 Å². The van der Waals surface area contributed by atoms with Gasteiger partial charge in [0.15, 0.2) is 0 Å². The number of nitrogens with two attached hydrogens (primary N) is 1. The van der Waals surface area contributed by atoms with Gasteiger partial charge in [-0.15, -0.1) is 0 Å². The fourth-order valence-electron chi connectivity index (χ4n) is 1.60. The number of rotatable bonds is 5. The molecule has 1 aromatic carbocycles. The van der Waals surface area contributed by atoms with Gasteiger partial charge < -0.3 is 20.9 Å². The van der Waals surface area contributed by atoms with Gasteiger partial charge in [0.25, 0.3) is 0 Å². The Kier molecular flexibility index (Phi) is 4.75. The number of aliphatic hydroxyl groups is 1. The first-order valence-electron chi connectivity index (χ1n) is 5.94. The molecule has 0 saturated carbocycles. The van der Waals surface area contributed by atoms with E-state index in [4.69, 9.17) is 10.5 Å². The summed E-state index contributed by atoms with van der Waals surface area (Å²) in [5.74, 6) is 0.823. The first-order chi connectivity index (χ1) is 9.60. The maximum absolute atomic E-state index is 10.1. The van der Waals surface area contributed by atoms with Gasteiger partial charge in [-0.25, -0.2) is 4.98 Å². The lowest BCUT2D eigenvalue weighted by Gasteiger charge is -2.13. The molecule has 6 nitrogen and oxygen atoms in total. The second-order valence-electron chi connectivity index (χ2n) is 4.11. The van der Waals surface area contributed by atoms with Crippen molar-refractivity contribution in [1.29, 1.82) is 0 Å². The molecule has 0 saturated heterocycles. The Balaban J connectivity index is 1.99. The first kappa shape index (κ1) is 14.5. The van der Waals surface area contributed by atoms with Crippen LogP contribution in [0, 0.1) is 0 Å². The lowest BCUT2D eigenvalue weighted by Crippen LogP contribution is -2.14. The van der Waals surface area contributed by atoms with E-state index in [1.165, 1.54) is 7.11 Å². The Morgan fingerprint density at radius 3 is 2.75 bits per heavy atom. The Morgan fingerprint density at radius 2 is 2.10 bits per heavy atom. The molecule has 7 heteroatoms. The molecule has 106 valence electrons. The van der Waals surface area contributed by atoms with E-state index >= 15 is 0 Å². The molecular formula is C13H15BrN4O2. The zero-order chi connectivity index (χ0) is 14.5. The molecule has 4 N–H and O–H groups in total. The number of aromatic nitrogens is 2. The second-order valence-corrected chi connectivity index (χ2v) is 4.97. The molecule has 1 aromatic heterocycles. The first-order valence-corrected chi connectivity index (χ1v) is 6.73. The average Bonchev–Trinajstić information content (AvgIpc) is 2.46. The summed E-state index contributed by atoms with van der Waals surface area (Å²) < 4.78 is 5.75. The average molecular weight is 339 g/mol. The maximum atomic E-state index is 10.1. The van der Waals surface area contributed by atoms with Gasteiger partial charge in [0, 0.05) is 12.2 Å².